The molecule has 0 atom stereocenters. The summed E-state index contributed by atoms with van der Waals surface area (Å²) in [5.41, 5.74) is 0.510. The Morgan fingerprint density at radius 2 is 1.00 bits per heavy atom. The van der Waals surface area contributed by atoms with Crippen LogP contribution in [0.4, 0.5) is 0 Å². The molecule has 1 heterocycles. The summed E-state index contributed by atoms with van der Waals surface area (Å²) in [7, 11) is -1.21. The van der Waals surface area contributed by atoms with E-state index in [-0.39, 0.29) is 0 Å². The normalized spacial score (nSPS) is 23.2. The lowest BCUT2D eigenvalue weighted by Crippen LogP contribution is -2.54. The molecule has 0 aromatic carbocycles. The lowest BCUT2D eigenvalue weighted by molar-refractivity contribution is 0.214. The van der Waals surface area contributed by atoms with Crippen LogP contribution in [0.1, 0.15) is 75.2 Å². The van der Waals surface area contributed by atoms with Gasteiger partial charge in [0.15, 0.2) is 0 Å². The average Bonchev–Trinajstić information content (AvgIpc) is 2.13. The Kier molecular flexibility index (Phi) is 4.20. The average molecular weight is 269 g/mol. The van der Waals surface area contributed by atoms with E-state index in [2.05, 4.69) is 62.3 Å². The van der Waals surface area contributed by atoms with Gasteiger partial charge in [0.25, 0.3) is 0 Å². The van der Waals surface area contributed by atoms with E-state index < -0.39 is 8.07 Å². The maximum absolute atomic E-state index is 2.52. The van der Waals surface area contributed by atoms with E-state index in [0.717, 1.165) is 5.92 Å². The molecule has 0 nitrogen and oxygen atoms in total. The Bertz CT molecular complexity index is 258. The summed E-state index contributed by atoms with van der Waals surface area (Å²) >= 11 is 0. The topological polar surface area (TPSA) is 0 Å². The predicted molar refractivity (Wildman–Crippen MR) is 87.0 cm³/mol. The van der Waals surface area contributed by atoms with Crippen molar-refractivity contribution in [2.45, 2.75) is 97.3 Å². The Labute approximate surface area is 117 Å². The monoisotopic (exact) mass is 268 g/mol. The van der Waals surface area contributed by atoms with Crippen LogP contribution in [-0.2, 0) is 0 Å². The van der Waals surface area contributed by atoms with Gasteiger partial charge in [-0.05, 0) is 21.4 Å². The molecule has 1 aliphatic rings. The Morgan fingerprint density at radius 1 is 0.667 bits per heavy atom. The molecule has 0 aromatic heterocycles. The smallest absolute Gasteiger partial charge is 0.0625 e. The van der Waals surface area contributed by atoms with Crippen LogP contribution in [-0.4, -0.2) is 8.07 Å². The van der Waals surface area contributed by atoms with Crippen molar-refractivity contribution < 1.29 is 0 Å². The Hall–Kier alpha value is 0.217. The van der Waals surface area contributed by atoms with E-state index >= 15 is 0 Å². The summed E-state index contributed by atoms with van der Waals surface area (Å²) < 4.78 is 0. The van der Waals surface area contributed by atoms with Gasteiger partial charge in [0.2, 0.25) is 0 Å². The summed E-state index contributed by atoms with van der Waals surface area (Å²) in [6, 6.07) is 3.09. The van der Waals surface area contributed by atoms with E-state index in [9.17, 15) is 0 Å². The highest BCUT2D eigenvalue weighted by atomic mass is 28.3. The molecule has 1 fully saturated rings. The van der Waals surface area contributed by atoms with Crippen LogP contribution in [0.3, 0.4) is 0 Å². The lowest BCUT2D eigenvalue weighted by atomic mass is 9.77. The standard InChI is InChI=1S/C17H36Si/c1-15(2,3)14-10-12-18(13-11-14,16(4,5)6)17(7,8)9/h14H,10-13H2,1-9H3. The summed E-state index contributed by atoms with van der Waals surface area (Å²) in [5, 5.41) is 1.10. The molecule has 0 aliphatic carbocycles. The van der Waals surface area contributed by atoms with Crippen LogP contribution in [0.25, 0.3) is 0 Å². The summed E-state index contributed by atoms with van der Waals surface area (Å²) in [6.45, 7) is 22.4. The zero-order chi connectivity index (χ0) is 14.4. The molecule has 0 unspecified atom stereocenters. The van der Waals surface area contributed by atoms with Gasteiger partial charge in [-0.1, -0.05) is 87.2 Å². The fourth-order valence-corrected chi connectivity index (χ4v) is 11.8. The first kappa shape index (κ1) is 16.3. The van der Waals surface area contributed by atoms with Crippen molar-refractivity contribution in [3.8, 4) is 0 Å². The van der Waals surface area contributed by atoms with Gasteiger partial charge in [0.05, 0.1) is 8.07 Å². The molecule has 0 aromatic rings. The third kappa shape index (κ3) is 2.86. The molecule has 108 valence electrons. The first-order valence-electron chi connectivity index (χ1n) is 7.81. The third-order valence-corrected chi connectivity index (χ3v) is 14.0. The molecule has 1 heteroatoms. The van der Waals surface area contributed by atoms with Crippen molar-refractivity contribution in [1.29, 1.82) is 0 Å². The zero-order valence-electron chi connectivity index (χ0n) is 14.4. The predicted octanol–water partition coefficient (Wildman–Crippen LogP) is 6.49. The molecule has 0 radical (unpaired) electrons. The molecule has 18 heavy (non-hydrogen) atoms. The van der Waals surface area contributed by atoms with E-state index in [1.54, 1.807) is 12.1 Å². The van der Waals surface area contributed by atoms with Gasteiger partial charge in [-0.3, -0.25) is 0 Å². The fourth-order valence-electron chi connectivity index (χ4n) is 4.60. The fraction of sp³-hybridized carbons (Fsp3) is 1.00. The minimum absolute atomic E-state index is 0.510. The first-order valence-corrected chi connectivity index (χ1v) is 10.2. The third-order valence-electron chi connectivity index (χ3n) is 5.94. The highest BCUT2D eigenvalue weighted by Crippen LogP contribution is 2.60. The minimum atomic E-state index is -1.21. The van der Waals surface area contributed by atoms with Gasteiger partial charge < -0.3 is 0 Å². The Morgan fingerprint density at radius 3 is 1.22 bits per heavy atom. The van der Waals surface area contributed by atoms with E-state index in [4.69, 9.17) is 0 Å². The van der Waals surface area contributed by atoms with Crippen LogP contribution in [0, 0.1) is 11.3 Å². The lowest BCUT2D eigenvalue weighted by Gasteiger charge is -2.56. The van der Waals surface area contributed by atoms with Crippen LogP contribution in [0.2, 0.25) is 22.2 Å². The molecule has 0 bridgehead atoms. The zero-order valence-corrected chi connectivity index (χ0v) is 15.4. The van der Waals surface area contributed by atoms with Gasteiger partial charge in [-0.25, -0.2) is 0 Å². The molecule has 0 amide bonds. The van der Waals surface area contributed by atoms with Crippen molar-refractivity contribution in [1.82, 2.24) is 0 Å². The molecule has 0 spiro atoms. The van der Waals surface area contributed by atoms with E-state index in [1.807, 2.05) is 0 Å². The van der Waals surface area contributed by atoms with Gasteiger partial charge in [-0.15, -0.1) is 0 Å². The summed E-state index contributed by atoms with van der Waals surface area (Å²) in [6.07, 6.45) is 2.95. The van der Waals surface area contributed by atoms with Crippen molar-refractivity contribution >= 4 is 8.07 Å². The van der Waals surface area contributed by atoms with Crippen LogP contribution >= 0.6 is 0 Å². The summed E-state index contributed by atoms with van der Waals surface area (Å²) in [5.74, 6) is 0.947. The second-order valence-corrected chi connectivity index (χ2v) is 15.9. The highest BCUT2D eigenvalue weighted by Gasteiger charge is 2.54. The van der Waals surface area contributed by atoms with Gasteiger partial charge >= 0.3 is 0 Å². The minimum Gasteiger partial charge on any atom is -0.0625 e. The maximum Gasteiger partial charge on any atom is 0.0643 e. The van der Waals surface area contributed by atoms with Crippen LogP contribution < -0.4 is 0 Å². The maximum atomic E-state index is 2.52. The van der Waals surface area contributed by atoms with Crippen molar-refractivity contribution in [2.75, 3.05) is 0 Å². The molecule has 1 saturated heterocycles. The van der Waals surface area contributed by atoms with Gasteiger partial charge in [0.1, 0.15) is 0 Å². The second kappa shape index (κ2) is 4.65. The summed E-state index contributed by atoms with van der Waals surface area (Å²) in [4.78, 5) is 0. The molecule has 0 N–H and O–H groups in total. The van der Waals surface area contributed by atoms with Crippen molar-refractivity contribution in [3.63, 3.8) is 0 Å². The van der Waals surface area contributed by atoms with E-state index in [0.29, 0.717) is 15.5 Å². The highest BCUT2D eigenvalue weighted by molar-refractivity contribution is 6.85. The van der Waals surface area contributed by atoms with E-state index in [1.165, 1.54) is 12.8 Å². The van der Waals surface area contributed by atoms with Crippen molar-refractivity contribution in [2.24, 2.45) is 11.3 Å². The quantitative estimate of drug-likeness (QED) is 0.440. The largest absolute Gasteiger partial charge is 0.0643 e. The molecule has 1 rings (SSSR count). The first-order chi connectivity index (χ1) is 7.81. The number of rotatable bonds is 0. The number of hydrogen-bond acceptors (Lipinski definition) is 0. The molecular weight excluding hydrogens is 232 g/mol. The van der Waals surface area contributed by atoms with Gasteiger partial charge in [-0.2, -0.15) is 0 Å². The van der Waals surface area contributed by atoms with Crippen LogP contribution in [0.5, 0.6) is 0 Å². The van der Waals surface area contributed by atoms with Crippen LogP contribution in [0.15, 0.2) is 0 Å². The Balaban J connectivity index is 2.95. The van der Waals surface area contributed by atoms with Gasteiger partial charge in [0, 0.05) is 0 Å². The SMILES string of the molecule is CC(C)(C)C1CC[Si](C(C)(C)C)(C(C)(C)C)CC1. The molecular formula is C17H36Si. The van der Waals surface area contributed by atoms with Crippen molar-refractivity contribution in [3.05, 3.63) is 0 Å². The molecule has 1 aliphatic heterocycles. The number of hydrogen-bond donors (Lipinski definition) is 0. The molecule has 0 saturated carbocycles. The second-order valence-electron chi connectivity index (χ2n) is 9.72.